The lowest BCUT2D eigenvalue weighted by molar-refractivity contribution is -0.126. The summed E-state index contributed by atoms with van der Waals surface area (Å²) in [5.74, 6) is 1.14. The van der Waals surface area contributed by atoms with E-state index in [1.54, 1.807) is 7.11 Å². The Balaban J connectivity index is 1.54. The van der Waals surface area contributed by atoms with Gasteiger partial charge in [0, 0.05) is 31.6 Å². The van der Waals surface area contributed by atoms with Crippen LogP contribution in [-0.2, 0) is 11.3 Å². The van der Waals surface area contributed by atoms with Crippen molar-refractivity contribution >= 4 is 5.91 Å². The van der Waals surface area contributed by atoms with E-state index in [-0.39, 0.29) is 11.4 Å². The summed E-state index contributed by atoms with van der Waals surface area (Å²) in [6.07, 6.45) is 5.06. The van der Waals surface area contributed by atoms with Crippen molar-refractivity contribution in [1.29, 1.82) is 0 Å². The van der Waals surface area contributed by atoms with Crippen LogP contribution in [0, 0.1) is 0 Å². The van der Waals surface area contributed by atoms with Gasteiger partial charge in [-0.25, -0.2) is 0 Å². The van der Waals surface area contributed by atoms with Crippen molar-refractivity contribution in [2.24, 2.45) is 0 Å². The molecular weight excluding hydrogens is 264 g/mol. The molecule has 1 spiro atoms. The van der Waals surface area contributed by atoms with Crippen LogP contribution in [-0.4, -0.2) is 36.5 Å². The highest BCUT2D eigenvalue weighted by atomic mass is 16.5. The lowest BCUT2D eigenvalue weighted by Crippen LogP contribution is -2.57. The molecule has 2 aliphatic rings. The SMILES string of the molecule is COc1ccc(CN2CCC3(CCCC(=O)N3)CC2)cc1. The predicted molar refractivity (Wildman–Crippen MR) is 82.2 cm³/mol. The summed E-state index contributed by atoms with van der Waals surface area (Å²) < 4.78 is 5.19. The molecule has 1 aromatic rings. The lowest BCUT2D eigenvalue weighted by atomic mass is 9.80. The van der Waals surface area contributed by atoms with Gasteiger partial charge in [-0.1, -0.05) is 12.1 Å². The maximum Gasteiger partial charge on any atom is 0.220 e. The van der Waals surface area contributed by atoms with Crippen LogP contribution in [0.4, 0.5) is 0 Å². The third-order valence-corrected chi connectivity index (χ3v) is 4.84. The lowest BCUT2D eigenvalue weighted by Gasteiger charge is -2.44. The number of carbonyl (C=O) groups is 1. The summed E-state index contributed by atoms with van der Waals surface area (Å²) >= 11 is 0. The van der Waals surface area contributed by atoms with E-state index in [1.807, 2.05) is 12.1 Å². The van der Waals surface area contributed by atoms with Crippen LogP contribution in [0.2, 0.25) is 0 Å². The van der Waals surface area contributed by atoms with Crippen molar-refractivity contribution in [2.75, 3.05) is 20.2 Å². The standard InChI is InChI=1S/C17H24N2O2/c1-21-15-6-4-14(5-7-15)13-19-11-9-17(10-12-19)8-2-3-16(20)18-17/h4-7H,2-3,8-13H2,1H3,(H,18,20). The normalized spacial score (nSPS) is 22.0. The third kappa shape index (κ3) is 3.38. The molecule has 0 aromatic heterocycles. The molecule has 0 unspecified atom stereocenters. The highest BCUT2D eigenvalue weighted by Gasteiger charge is 2.37. The molecule has 3 rings (SSSR count). The first-order valence-electron chi connectivity index (χ1n) is 7.85. The summed E-state index contributed by atoms with van der Waals surface area (Å²) in [6.45, 7) is 3.10. The van der Waals surface area contributed by atoms with E-state index < -0.39 is 0 Å². The summed E-state index contributed by atoms with van der Waals surface area (Å²) in [5, 5.41) is 3.25. The topological polar surface area (TPSA) is 41.6 Å². The molecule has 2 heterocycles. The Morgan fingerprint density at radius 3 is 2.52 bits per heavy atom. The van der Waals surface area contributed by atoms with Crippen molar-refractivity contribution < 1.29 is 9.53 Å². The zero-order valence-electron chi connectivity index (χ0n) is 12.7. The molecule has 0 bridgehead atoms. The molecule has 2 fully saturated rings. The van der Waals surface area contributed by atoms with Crippen molar-refractivity contribution in [1.82, 2.24) is 10.2 Å². The highest BCUT2D eigenvalue weighted by Crippen LogP contribution is 2.31. The molecule has 0 saturated carbocycles. The Labute approximate surface area is 126 Å². The predicted octanol–water partition coefficient (Wildman–Crippen LogP) is 2.33. The molecule has 1 N–H and O–H groups in total. The number of nitrogens with one attached hydrogen (secondary N) is 1. The minimum atomic E-state index is 0.0890. The van der Waals surface area contributed by atoms with Gasteiger partial charge in [-0.2, -0.15) is 0 Å². The average molecular weight is 288 g/mol. The third-order valence-electron chi connectivity index (χ3n) is 4.84. The molecule has 4 nitrogen and oxygen atoms in total. The van der Waals surface area contributed by atoms with E-state index in [4.69, 9.17) is 4.74 Å². The van der Waals surface area contributed by atoms with Gasteiger partial charge in [0.15, 0.2) is 0 Å². The van der Waals surface area contributed by atoms with Gasteiger partial charge < -0.3 is 10.1 Å². The van der Waals surface area contributed by atoms with Crippen LogP contribution in [0.3, 0.4) is 0 Å². The number of carbonyl (C=O) groups excluding carboxylic acids is 1. The van der Waals surface area contributed by atoms with E-state index in [1.165, 1.54) is 5.56 Å². The Hall–Kier alpha value is -1.55. The van der Waals surface area contributed by atoms with Crippen LogP contribution in [0.5, 0.6) is 5.75 Å². The Morgan fingerprint density at radius 2 is 1.90 bits per heavy atom. The zero-order valence-corrected chi connectivity index (χ0v) is 12.7. The van der Waals surface area contributed by atoms with Crippen molar-refractivity contribution in [2.45, 2.75) is 44.2 Å². The van der Waals surface area contributed by atoms with Crippen LogP contribution in [0.1, 0.15) is 37.7 Å². The molecule has 1 aromatic carbocycles. The molecule has 0 radical (unpaired) electrons. The van der Waals surface area contributed by atoms with E-state index in [9.17, 15) is 4.79 Å². The number of piperidine rings is 2. The van der Waals surface area contributed by atoms with E-state index in [2.05, 4.69) is 22.3 Å². The van der Waals surface area contributed by atoms with Gasteiger partial charge in [0.2, 0.25) is 5.91 Å². The fourth-order valence-corrected chi connectivity index (χ4v) is 3.51. The van der Waals surface area contributed by atoms with Crippen LogP contribution in [0.15, 0.2) is 24.3 Å². The number of hydrogen-bond acceptors (Lipinski definition) is 3. The molecule has 2 aliphatic heterocycles. The van der Waals surface area contributed by atoms with Crippen LogP contribution in [0.25, 0.3) is 0 Å². The minimum absolute atomic E-state index is 0.0890. The van der Waals surface area contributed by atoms with Crippen LogP contribution < -0.4 is 10.1 Å². The fraction of sp³-hybridized carbons (Fsp3) is 0.588. The highest BCUT2D eigenvalue weighted by molar-refractivity contribution is 5.77. The van der Waals surface area contributed by atoms with Crippen LogP contribution >= 0.6 is 0 Å². The quantitative estimate of drug-likeness (QED) is 0.928. The van der Waals surface area contributed by atoms with Gasteiger partial charge in [-0.05, 0) is 43.4 Å². The Kier molecular flexibility index (Phi) is 4.15. The fourth-order valence-electron chi connectivity index (χ4n) is 3.51. The van der Waals surface area contributed by atoms with Crippen molar-refractivity contribution in [3.8, 4) is 5.75 Å². The zero-order chi connectivity index (χ0) is 14.7. The first-order chi connectivity index (χ1) is 10.2. The molecular formula is C17H24N2O2. The number of methoxy groups -OCH3 is 1. The summed E-state index contributed by atoms with van der Waals surface area (Å²) in [6, 6.07) is 8.29. The van der Waals surface area contributed by atoms with Gasteiger partial charge in [-0.3, -0.25) is 9.69 Å². The smallest absolute Gasteiger partial charge is 0.220 e. The minimum Gasteiger partial charge on any atom is -0.497 e. The molecule has 0 atom stereocenters. The van der Waals surface area contributed by atoms with E-state index in [0.717, 1.165) is 51.1 Å². The van der Waals surface area contributed by atoms with Gasteiger partial charge in [0.05, 0.1) is 7.11 Å². The molecule has 2 saturated heterocycles. The second-order valence-corrected chi connectivity index (χ2v) is 6.31. The monoisotopic (exact) mass is 288 g/mol. The van der Waals surface area contributed by atoms with Gasteiger partial charge >= 0.3 is 0 Å². The number of rotatable bonds is 3. The van der Waals surface area contributed by atoms with E-state index >= 15 is 0 Å². The maximum absolute atomic E-state index is 11.6. The second kappa shape index (κ2) is 6.06. The molecule has 1 amide bonds. The number of ether oxygens (including phenoxy) is 1. The van der Waals surface area contributed by atoms with Gasteiger partial charge in [0.25, 0.3) is 0 Å². The van der Waals surface area contributed by atoms with Crippen molar-refractivity contribution in [3.63, 3.8) is 0 Å². The van der Waals surface area contributed by atoms with Gasteiger partial charge in [0.1, 0.15) is 5.75 Å². The number of hydrogen-bond donors (Lipinski definition) is 1. The largest absolute Gasteiger partial charge is 0.497 e. The second-order valence-electron chi connectivity index (χ2n) is 6.31. The number of amides is 1. The maximum atomic E-state index is 11.6. The number of nitrogens with zero attached hydrogens (tertiary/aromatic N) is 1. The number of benzene rings is 1. The molecule has 4 heteroatoms. The van der Waals surface area contributed by atoms with E-state index in [0.29, 0.717) is 6.42 Å². The summed E-state index contributed by atoms with van der Waals surface area (Å²) in [4.78, 5) is 14.1. The molecule has 0 aliphatic carbocycles. The first-order valence-corrected chi connectivity index (χ1v) is 7.85. The van der Waals surface area contributed by atoms with Crippen molar-refractivity contribution in [3.05, 3.63) is 29.8 Å². The molecule has 114 valence electrons. The summed E-state index contributed by atoms with van der Waals surface area (Å²) in [5.41, 5.74) is 1.41. The Bertz CT molecular complexity index is 490. The van der Waals surface area contributed by atoms with Gasteiger partial charge in [-0.15, -0.1) is 0 Å². The number of likely N-dealkylation sites (tertiary alicyclic amines) is 1. The summed E-state index contributed by atoms with van der Waals surface area (Å²) in [7, 11) is 1.69. The average Bonchev–Trinajstić information content (AvgIpc) is 2.51. The molecule has 21 heavy (non-hydrogen) atoms. The first kappa shape index (κ1) is 14.4. The Morgan fingerprint density at radius 1 is 1.19 bits per heavy atom.